The molecule has 1 saturated heterocycles. The van der Waals surface area contributed by atoms with Gasteiger partial charge in [0, 0.05) is 44.6 Å². The minimum atomic E-state index is -0.547. The molecule has 0 unspecified atom stereocenters. The molecule has 1 aliphatic heterocycles. The van der Waals surface area contributed by atoms with Crippen LogP contribution in [-0.4, -0.2) is 50.7 Å². The van der Waals surface area contributed by atoms with Gasteiger partial charge in [0.1, 0.15) is 11.9 Å². The number of carbonyl (C=O) groups is 1. The number of aliphatic imine (C=N–C) groups is 1. The molecule has 1 aliphatic rings. The van der Waals surface area contributed by atoms with Gasteiger partial charge in [-0.3, -0.25) is 24.9 Å². The normalized spacial score (nSPS) is 15.0. The number of nitrogens with two attached hydrogens (primary N) is 1. The summed E-state index contributed by atoms with van der Waals surface area (Å²) >= 11 is 5.45. The molecule has 0 aliphatic carbocycles. The second-order valence-electron chi connectivity index (χ2n) is 10.1. The largest absolute Gasteiger partial charge is 0.370 e. The number of carbonyl (C=O) groups excluding carboxylic acids is 1. The van der Waals surface area contributed by atoms with Crippen molar-refractivity contribution >= 4 is 34.9 Å². The lowest BCUT2D eigenvalue weighted by atomic mass is 10.1. The second kappa shape index (κ2) is 13.7. The van der Waals surface area contributed by atoms with E-state index in [4.69, 9.17) is 18.0 Å². The molecule has 1 fully saturated rings. The number of halogens is 1. The Labute approximate surface area is 249 Å². The molecule has 3 heterocycles. The van der Waals surface area contributed by atoms with Crippen molar-refractivity contribution < 1.29 is 9.18 Å². The van der Waals surface area contributed by atoms with Crippen LogP contribution in [0.4, 0.5) is 10.1 Å². The number of nitrogens with zero attached hydrogens (tertiary/aromatic N) is 4. The number of hydrogen-bond acceptors (Lipinski definition) is 4. The zero-order valence-electron chi connectivity index (χ0n) is 23.0. The highest BCUT2D eigenvalue weighted by atomic mass is 32.1. The first-order chi connectivity index (χ1) is 20.4. The number of anilines is 1. The monoisotopic (exact) mass is 584 g/mol. The van der Waals surface area contributed by atoms with E-state index in [1.54, 1.807) is 35.4 Å². The topological polar surface area (TPSA) is 113 Å². The maximum atomic E-state index is 13.3. The Kier molecular flexibility index (Phi) is 9.40. The van der Waals surface area contributed by atoms with Crippen molar-refractivity contribution in [2.75, 3.05) is 23.8 Å². The average Bonchev–Trinajstić information content (AvgIpc) is 3.55. The van der Waals surface area contributed by atoms with Crippen molar-refractivity contribution in [2.45, 2.75) is 31.8 Å². The van der Waals surface area contributed by atoms with Gasteiger partial charge in [-0.1, -0.05) is 48.5 Å². The highest BCUT2D eigenvalue weighted by Crippen LogP contribution is 2.20. The molecule has 9 nitrogen and oxygen atoms in total. The fourth-order valence-electron chi connectivity index (χ4n) is 4.73. The lowest BCUT2D eigenvalue weighted by Crippen LogP contribution is -2.41. The third-order valence-corrected chi connectivity index (χ3v) is 7.24. The van der Waals surface area contributed by atoms with Crippen molar-refractivity contribution in [3.63, 3.8) is 0 Å². The minimum Gasteiger partial charge on any atom is -0.370 e. The van der Waals surface area contributed by atoms with Crippen LogP contribution in [0.1, 0.15) is 28.7 Å². The SMILES string of the molecule is NC(=NCCCc1ccccc1)Nc1cn(NC(=O)[C@H]2CN(Cc3ccc(F)cc3)C(=S)N2)cc1Cc1cccnc1. The minimum absolute atomic E-state index is 0.240. The fraction of sp³-hybridized carbons (Fsp3) is 0.226. The van der Waals surface area contributed by atoms with Crippen LogP contribution in [0.25, 0.3) is 0 Å². The first-order valence-electron chi connectivity index (χ1n) is 13.7. The molecule has 1 atom stereocenters. The summed E-state index contributed by atoms with van der Waals surface area (Å²) in [6.07, 6.45) is 9.54. The van der Waals surface area contributed by atoms with Gasteiger partial charge >= 0.3 is 0 Å². The highest BCUT2D eigenvalue weighted by Gasteiger charge is 2.31. The first kappa shape index (κ1) is 28.7. The zero-order valence-corrected chi connectivity index (χ0v) is 23.9. The smallest absolute Gasteiger partial charge is 0.263 e. The molecule has 5 rings (SSSR count). The summed E-state index contributed by atoms with van der Waals surface area (Å²) in [6.45, 7) is 1.46. The molecule has 2 aromatic heterocycles. The van der Waals surface area contributed by atoms with Gasteiger partial charge in [0.05, 0.1) is 11.9 Å². The van der Waals surface area contributed by atoms with E-state index in [0.29, 0.717) is 37.1 Å². The molecular weight excluding hydrogens is 551 g/mol. The maximum Gasteiger partial charge on any atom is 0.263 e. The zero-order chi connectivity index (χ0) is 29.3. The summed E-state index contributed by atoms with van der Waals surface area (Å²) in [5.74, 6) is -0.229. The summed E-state index contributed by atoms with van der Waals surface area (Å²) in [5, 5.41) is 6.76. The Hall–Kier alpha value is -4.77. The predicted octanol–water partition coefficient (Wildman–Crippen LogP) is 3.80. The molecule has 1 amide bonds. The molecular formula is C31H33FN8OS. The molecule has 2 aromatic carbocycles. The quantitative estimate of drug-likeness (QED) is 0.0918. The van der Waals surface area contributed by atoms with Crippen LogP contribution in [0.15, 0.2) is 96.5 Å². The number of hydrogen-bond donors (Lipinski definition) is 4. The summed E-state index contributed by atoms with van der Waals surface area (Å²) < 4.78 is 14.9. The second-order valence-corrected chi connectivity index (χ2v) is 10.5. The van der Waals surface area contributed by atoms with Crippen molar-refractivity contribution in [1.82, 2.24) is 19.9 Å². The summed E-state index contributed by atoms with van der Waals surface area (Å²) in [5.41, 5.74) is 14.0. The van der Waals surface area contributed by atoms with Gasteiger partial charge in [-0.25, -0.2) is 4.39 Å². The number of amides is 1. The van der Waals surface area contributed by atoms with Gasteiger partial charge in [0.2, 0.25) is 0 Å². The molecule has 11 heteroatoms. The van der Waals surface area contributed by atoms with Gasteiger partial charge < -0.3 is 21.3 Å². The first-order valence-corrected chi connectivity index (χ1v) is 14.1. The van der Waals surface area contributed by atoms with E-state index in [9.17, 15) is 9.18 Å². The number of guanidine groups is 1. The van der Waals surface area contributed by atoms with Crippen LogP contribution in [-0.2, 0) is 24.2 Å². The van der Waals surface area contributed by atoms with Crippen LogP contribution >= 0.6 is 12.2 Å². The standard InChI is InChI=1S/C31H33FN8OS/c32-26-12-10-23(11-13-26)18-39-20-28(37-31(39)42)29(41)38-40-19-25(16-24-9-4-14-34-17-24)27(21-40)36-30(33)35-15-5-8-22-6-2-1-3-7-22/h1-4,6-7,9-14,17,19,21,28H,5,8,15-16,18,20H2,(H,37,42)(H,38,41)(H3,33,35,36)/t28-/m1/s1. The Balaban J connectivity index is 1.22. The summed E-state index contributed by atoms with van der Waals surface area (Å²) in [6, 6.07) is 19.8. The Morgan fingerprint density at radius 2 is 1.86 bits per heavy atom. The van der Waals surface area contributed by atoms with Gasteiger partial charge in [0.25, 0.3) is 5.91 Å². The van der Waals surface area contributed by atoms with E-state index in [-0.39, 0.29) is 11.7 Å². The maximum absolute atomic E-state index is 13.3. The Morgan fingerprint density at radius 3 is 2.62 bits per heavy atom. The van der Waals surface area contributed by atoms with Gasteiger partial charge in [-0.2, -0.15) is 0 Å². The Morgan fingerprint density at radius 1 is 1.07 bits per heavy atom. The van der Waals surface area contributed by atoms with Gasteiger partial charge in [-0.15, -0.1) is 0 Å². The molecule has 4 aromatic rings. The molecule has 216 valence electrons. The molecule has 5 N–H and O–H groups in total. The van der Waals surface area contributed by atoms with Crippen LogP contribution < -0.4 is 21.8 Å². The van der Waals surface area contributed by atoms with Crippen molar-refractivity contribution in [1.29, 1.82) is 0 Å². The number of thiocarbonyl (C=S) groups is 1. The van der Waals surface area contributed by atoms with Crippen molar-refractivity contribution in [3.05, 3.63) is 120 Å². The number of rotatable bonds is 11. The van der Waals surface area contributed by atoms with E-state index in [0.717, 1.165) is 35.2 Å². The average molecular weight is 585 g/mol. The third-order valence-electron chi connectivity index (χ3n) is 6.87. The lowest BCUT2D eigenvalue weighted by Gasteiger charge is -2.16. The third kappa shape index (κ3) is 7.91. The van der Waals surface area contributed by atoms with E-state index < -0.39 is 6.04 Å². The predicted molar refractivity (Wildman–Crippen MR) is 167 cm³/mol. The lowest BCUT2D eigenvalue weighted by molar-refractivity contribution is -0.118. The molecule has 0 spiro atoms. The number of aryl methyl sites for hydroxylation is 1. The van der Waals surface area contributed by atoms with Gasteiger partial charge in [0.15, 0.2) is 11.1 Å². The van der Waals surface area contributed by atoms with E-state index >= 15 is 0 Å². The molecule has 0 saturated carbocycles. The van der Waals surface area contributed by atoms with Crippen LogP contribution in [0.5, 0.6) is 0 Å². The van der Waals surface area contributed by atoms with E-state index in [1.165, 1.54) is 17.7 Å². The summed E-state index contributed by atoms with van der Waals surface area (Å²) in [7, 11) is 0. The Bertz CT molecular complexity index is 1530. The van der Waals surface area contributed by atoms with E-state index in [1.807, 2.05) is 41.4 Å². The van der Waals surface area contributed by atoms with Crippen molar-refractivity contribution in [3.8, 4) is 0 Å². The number of pyridine rings is 1. The van der Waals surface area contributed by atoms with Gasteiger partial charge in [-0.05, 0) is 65.5 Å². The van der Waals surface area contributed by atoms with Crippen LogP contribution in [0.3, 0.4) is 0 Å². The van der Waals surface area contributed by atoms with Crippen molar-refractivity contribution in [2.24, 2.45) is 10.7 Å². The highest BCUT2D eigenvalue weighted by molar-refractivity contribution is 7.80. The number of aromatic nitrogens is 2. The fourth-order valence-corrected chi connectivity index (χ4v) is 5.01. The molecule has 0 radical (unpaired) electrons. The summed E-state index contributed by atoms with van der Waals surface area (Å²) in [4.78, 5) is 23.8. The van der Waals surface area contributed by atoms with Crippen LogP contribution in [0, 0.1) is 5.82 Å². The van der Waals surface area contributed by atoms with Crippen LogP contribution in [0.2, 0.25) is 0 Å². The number of benzene rings is 2. The number of nitrogens with one attached hydrogen (secondary N) is 3. The molecule has 0 bridgehead atoms. The van der Waals surface area contributed by atoms with E-state index in [2.05, 4.69) is 38.2 Å². The molecule has 42 heavy (non-hydrogen) atoms.